The Balaban J connectivity index is 2.03. The zero-order valence-electron chi connectivity index (χ0n) is 11.4. The fourth-order valence-corrected chi connectivity index (χ4v) is 3.96. The molecular formula is C13H17F2N3O2S. The Hall–Kier alpha value is -1.70. The molecule has 1 heterocycles. The maximum atomic E-state index is 13.4. The van der Waals surface area contributed by atoms with E-state index < -0.39 is 26.7 Å². The van der Waals surface area contributed by atoms with Crippen LogP contribution in [0.5, 0.6) is 0 Å². The van der Waals surface area contributed by atoms with Crippen LogP contribution in [0.2, 0.25) is 0 Å². The van der Waals surface area contributed by atoms with Crippen molar-refractivity contribution in [3.05, 3.63) is 29.8 Å². The van der Waals surface area contributed by atoms with Gasteiger partial charge in [0, 0.05) is 6.07 Å². The lowest BCUT2D eigenvalue weighted by atomic mass is 10.2. The van der Waals surface area contributed by atoms with Crippen molar-refractivity contribution in [2.24, 2.45) is 10.7 Å². The first kappa shape index (κ1) is 15.7. The van der Waals surface area contributed by atoms with E-state index in [2.05, 4.69) is 10.3 Å². The zero-order chi connectivity index (χ0) is 15.5. The lowest BCUT2D eigenvalue weighted by Crippen LogP contribution is -2.32. The number of halogens is 2. The van der Waals surface area contributed by atoms with Gasteiger partial charge in [-0.15, -0.1) is 0 Å². The number of hydrogen-bond donors (Lipinski definition) is 2. The maximum absolute atomic E-state index is 13.4. The summed E-state index contributed by atoms with van der Waals surface area (Å²) >= 11 is 0. The van der Waals surface area contributed by atoms with Crippen molar-refractivity contribution in [3.63, 3.8) is 0 Å². The van der Waals surface area contributed by atoms with Gasteiger partial charge in [0.2, 0.25) is 0 Å². The molecule has 0 radical (unpaired) electrons. The third kappa shape index (κ3) is 4.13. The summed E-state index contributed by atoms with van der Waals surface area (Å²) in [6.07, 6.45) is 2.06. The minimum Gasteiger partial charge on any atom is -0.370 e. The highest BCUT2D eigenvalue weighted by Gasteiger charge is 2.28. The molecule has 116 valence electrons. The lowest BCUT2D eigenvalue weighted by Gasteiger charge is -2.20. The van der Waals surface area contributed by atoms with Gasteiger partial charge in [0.15, 0.2) is 15.8 Å². The van der Waals surface area contributed by atoms with E-state index in [9.17, 15) is 17.2 Å². The smallest absolute Gasteiger partial charge is 0.193 e. The third-order valence-electron chi connectivity index (χ3n) is 3.37. The molecule has 21 heavy (non-hydrogen) atoms. The van der Waals surface area contributed by atoms with Crippen molar-refractivity contribution in [1.29, 1.82) is 0 Å². The van der Waals surface area contributed by atoms with E-state index >= 15 is 0 Å². The van der Waals surface area contributed by atoms with Crippen LogP contribution in [0.4, 0.5) is 14.5 Å². The molecule has 0 aliphatic carbocycles. The lowest BCUT2D eigenvalue weighted by molar-refractivity contribution is 0.541. The Morgan fingerprint density at radius 3 is 2.86 bits per heavy atom. The Morgan fingerprint density at radius 2 is 2.14 bits per heavy atom. The van der Waals surface area contributed by atoms with Crippen LogP contribution in [-0.2, 0) is 9.84 Å². The minimum atomic E-state index is -3.13. The highest BCUT2D eigenvalue weighted by Crippen LogP contribution is 2.20. The summed E-state index contributed by atoms with van der Waals surface area (Å²) in [6.45, 7) is 0.0259. The SMILES string of the molecule is NC(=NCC1CCCCS1(=O)=O)Nc1cc(F)ccc1F. The van der Waals surface area contributed by atoms with Gasteiger partial charge in [-0.3, -0.25) is 4.99 Å². The first-order valence-electron chi connectivity index (χ1n) is 6.62. The number of benzene rings is 1. The number of aliphatic imine (C=N–C) groups is 1. The number of anilines is 1. The largest absolute Gasteiger partial charge is 0.370 e. The molecule has 1 aromatic carbocycles. The zero-order valence-corrected chi connectivity index (χ0v) is 12.2. The number of nitrogens with one attached hydrogen (secondary N) is 1. The summed E-state index contributed by atoms with van der Waals surface area (Å²) in [5.41, 5.74) is 5.45. The Morgan fingerprint density at radius 1 is 1.38 bits per heavy atom. The summed E-state index contributed by atoms with van der Waals surface area (Å²) in [5, 5.41) is 1.88. The fourth-order valence-electron chi connectivity index (χ4n) is 2.20. The van der Waals surface area contributed by atoms with Gasteiger partial charge in [-0.05, 0) is 25.0 Å². The molecule has 5 nitrogen and oxygen atoms in total. The first-order chi connectivity index (χ1) is 9.88. The van der Waals surface area contributed by atoms with Crippen LogP contribution in [0.3, 0.4) is 0 Å². The molecule has 0 amide bonds. The molecule has 0 bridgehead atoms. The predicted molar refractivity (Wildman–Crippen MR) is 77.9 cm³/mol. The number of nitrogens with zero attached hydrogens (tertiary/aromatic N) is 1. The van der Waals surface area contributed by atoms with Gasteiger partial charge in [0.05, 0.1) is 23.2 Å². The number of guanidine groups is 1. The molecule has 0 saturated carbocycles. The van der Waals surface area contributed by atoms with Crippen LogP contribution in [0.1, 0.15) is 19.3 Å². The van der Waals surface area contributed by atoms with Crippen LogP contribution in [0.15, 0.2) is 23.2 Å². The highest BCUT2D eigenvalue weighted by atomic mass is 32.2. The van der Waals surface area contributed by atoms with E-state index in [1.165, 1.54) is 0 Å². The van der Waals surface area contributed by atoms with Crippen molar-refractivity contribution in [2.75, 3.05) is 17.6 Å². The molecule has 8 heteroatoms. The standard InChI is InChI=1S/C13H17F2N3O2S/c14-9-4-5-11(15)12(7-9)18-13(16)17-8-10-3-1-2-6-21(10,19)20/h4-5,7,10H,1-3,6,8H2,(H3,16,17,18). The first-order valence-corrected chi connectivity index (χ1v) is 8.33. The Kier molecular flexibility index (Phi) is 4.76. The van der Waals surface area contributed by atoms with Crippen molar-refractivity contribution in [3.8, 4) is 0 Å². The average Bonchev–Trinajstić information content (AvgIpc) is 2.41. The Bertz CT molecular complexity index is 647. The van der Waals surface area contributed by atoms with E-state index in [4.69, 9.17) is 5.73 Å². The van der Waals surface area contributed by atoms with Crippen LogP contribution in [0.25, 0.3) is 0 Å². The van der Waals surface area contributed by atoms with Crippen molar-refractivity contribution in [2.45, 2.75) is 24.5 Å². The summed E-state index contributed by atoms with van der Waals surface area (Å²) < 4.78 is 50.0. The summed E-state index contributed by atoms with van der Waals surface area (Å²) in [6, 6.07) is 2.91. The number of sulfone groups is 1. The molecule has 1 unspecified atom stereocenters. The molecule has 1 aliphatic rings. The van der Waals surface area contributed by atoms with Gasteiger partial charge in [-0.2, -0.15) is 0 Å². The molecule has 1 fully saturated rings. The quantitative estimate of drug-likeness (QED) is 0.656. The third-order valence-corrected chi connectivity index (χ3v) is 5.63. The predicted octanol–water partition coefficient (Wildman–Crippen LogP) is 1.66. The van der Waals surface area contributed by atoms with Crippen molar-refractivity contribution in [1.82, 2.24) is 0 Å². The van der Waals surface area contributed by atoms with Crippen molar-refractivity contribution < 1.29 is 17.2 Å². The molecule has 0 aromatic heterocycles. The summed E-state index contributed by atoms with van der Waals surface area (Å²) in [5.74, 6) is -1.25. The number of rotatable bonds is 3. The molecule has 1 aromatic rings. The van der Waals surface area contributed by atoms with E-state index in [0.29, 0.717) is 12.8 Å². The molecule has 3 N–H and O–H groups in total. The van der Waals surface area contributed by atoms with Crippen LogP contribution in [0, 0.1) is 11.6 Å². The fraction of sp³-hybridized carbons (Fsp3) is 0.462. The van der Waals surface area contributed by atoms with E-state index in [1.807, 2.05) is 0 Å². The van der Waals surface area contributed by atoms with Crippen LogP contribution < -0.4 is 11.1 Å². The van der Waals surface area contributed by atoms with E-state index in [-0.39, 0.29) is 23.9 Å². The molecule has 1 saturated heterocycles. The van der Waals surface area contributed by atoms with Crippen molar-refractivity contribution >= 4 is 21.5 Å². The van der Waals surface area contributed by atoms with Gasteiger partial charge >= 0.3 is 0 Å². The van der Waals surface area contributed by atoms with Gasteiger partial charge in [0.1, 0.15) is 11.6 Å². The Labute approximate surface area is 122 Å². The summed E-state index contributed by atoms with van der Waals surface area (Å²) in [4.78, 5) is 3.92. The average molecular weight is 317 g/mol. The second-order valence-electron chi connectivity index (χ2n) is 4.96. The minimum absolute atomic E-state index is 0.0259. The summed E-state index contributed by atoms with van der Waals surface area (Å²) in [7, 11) is -3.13. The molecule has 1 aliphatic heterocycles. The van der Waals surface area contributed by atoms with Gasteiger partial charge < -0.3 is 11.1 Å². The molecule has 0 spiro atoms. The molecular weight excluding hydrogens is 300 g/mol. The van der Waals surface area contributed by atoms with E-state index in [1.54, 1.807) is 0 Å². The second kappa shape index (κ2) is 6.38. The normalized spacial score (nSPS) is 22.0. The monoisotopic (exact) mass is 317 g/mol. The van der Waals surface area contributed by atoms with Gasteiger partial charge in [-0.25, -0.2) is 17.2 Å². The van der Waals surface area contributed by atoms with Gasteiger partial charge in [-0.1, -0.05) is 6.42 Å². The van der Waals surface area contributed by atoms with Crippen LogP contribution >= 0.6 is 0 Å². The number of nitrogens with two attached hydrogens (primary N) is 1. The van der Waals surface area contributed by atoms with Gasteiger partial charge in [0.25, 0.3) is 0 Å². The topological polar surface area (TPSA) is 84.5 Å². The van der Waals surface area contributed by atoms with E-state index in [0.717, 1.165) is 24.6 Å². The highest BCUT2D eigenvalue weighted by molar-refractivity contribution is 7.92. The maximum Gasteiger partial charge on any atom is 0.193 e. The molecule has 1 atom stereocenters. The molecule has 2 rings (SSSR count). The van der Waals surface area contributed by atoms with Crippen LogP contribution in [-0.4, -0.2) is 31.9 Å². The number of hydrogen-bond acceptors (Lipinski definition) is 3. The second-order valence-corrected chi connectivity index (χ2v) is 7.36.